The summed E-state index contributed by atoms with van der Waals surface area (Å²) in [6.07, 6.45) is 1.89. The fourth-order valence-corrected chi connectivity index (χ4v) is 4.01. The van der Waals surface area contributed by atoms with Crippen molar-refractivity contribution >= 4 is 11.8 Å². The summed E-state index contributed by atoms with van der Waals surface area (Å²) in [6.45, 7) is 5.11. The number of halogens is 2. The van der Waals surface area contributed by atoms with Gasteiger partial charge in [-0.3, -0.25) is 9.58 Å². The third-order valence-electron chi connectivity index (χ3n) is 5.62. The van der Waals surface area contributed by atoms with Crippen molar-refractivity contribution in [2.45, 2.75) is 25.4 Å². The number of nitrogens with zero attached hydrogens (tertiary/aromatic N) is 7. The fraction of sp³-hybridized carbons (Fsp3) is 0.632. The third kappa shape index (κ3) is 4.48. The van der Waals surface area contributed by atoms with Crippen LogP contribution in [-0.4, -0.2) is 77.1 Å². The van der Waals surface area contributed by atoms with E-state index in [1.165, 1.54) is 4.68 Å². The van der Waals surface area contributed by atoms with Crippen molar-refractivity contribution in [2.75, 3.05) is 56.2 Å². The van der Waals surface area contributed by atoms with Gasteiger partial charge in [0.1, 0.15) is 11.5 Å². The van der Waals surface area contributed by atoms with Crippen LogP contribution in [0, 0.1) is 0 Å². The molecule has 8 nitrogen and oxygen atoms in total. The van der Waals surface area contributed by atoms with Crippen LogP contribution in [0.3, 0.4) is 0 Å². The predicted molar refractivity (Wildman–Crippen MR) is 105 cm³/mol. The van der Waals surface area contributed by atoms with Crippen molar-refractivity contribution in [3.8, 4) is 0 Å². The molecule has 2 saturated heterocycles. The highest BCUT2D eigenvalue weighted by Gasteiger charge is 2.29. The van der Waals surface area contributed by atoms with Gasteiger partial charge in [-0.15, -0.1) is 0 Å². The van der Waals surface area contributed by atoms with Crippen LogP contribution in [0.5, 0.6) is 0 Å². The smallest absolute Gasteiger partial charge is 0.282 e. The molecule has 0 aliphatic carbocycles. The van der Waals surface area contributed by atoms with E-state index in [0.717, 1.165) is 44.4 Å². The first-order valence-corrected chi connectivity index (χ1v) is 9.92. The molecule has 0 radical (unpaired) electrons. The molecule has 0 bridgehead atoms. The molecule has 2 fully saturated rings. The number of likely N-dealkylation sites (N-methyl/N-ethyl adjacent to an activating group) is 1. The fourth-order valence-electron chi connectivity index (χ4n) is 4.01. The largest absolute Gasteiger partial charge is 0.378 e. The number of hydrogen-bond donors (Lipinski definition) is 0. The minimum absolute atomic E-state index is 0.116. The van der Waals surface area contributed by atoms with Gasteiger partial charge in [0, 0.05) is 70.8 Å². The molecule has 0 N–H and O–H groups in total. The number of morpholine rings is 1. The molecule has 0 amide bonds. The van der Waals surface area contributed by atoms with Crippen molar-refractivity contribution in [3.63, 3.8) is 0 Å². The summed E-state index contributed by atoms with van der Waals surface area (Å²) in [5.41, 5.74) is 0.484. The van der Waals surface area contributed by atoms with Crippen LogP contribution >= 0.6 is 0 Å². The molecule has 2 aromatic heterocycles. The van der Waals surface area contributed by atoms with E-state index in [1.807, 2.05) is 13.1 Å². The van der Waals surface area contributed by atoms with Gasteiger partial charge in [-0.1, -0.05) is 0 Å². The van der Waals surface area contributed by atoms with E-state index in [2.05, 4.69) is 24.8 Å². The lowest BCUT2D eigenvalue weighted by molar-refractivity contribution is 0.122. The van der Waals surface area contributed by atoms with Gasteiger partial charge < -0.3 is 14.5 Å². The monoisotopic (exact) mass is 407 g/mol. The summed E-state index contributed by atoms with van der Waals surface area (Å²) >= 11 is 0. The molecule has 10 heteroatoms. The number of hydrogen-bond acceptors (Lipinski definition) is 7. The Morgan fingerprint density at radius 2 is 2.07 bits per heavy atom. The Bertz CT molecular complexity index is 825. The minimum atomic E-state index is -2.55. The van der Waals surface area contributed by atoms with Gasteiger partial charge in [-0.05, 0) is 12.5 Å². The molecule has 0 aromatic carbocycles. The molecular weight excluding hydrogens is 380 g/mol. The molecule has 29 heavy (non-hydrogen) atoms. The predicted octanol–water partition coefficient (Wildman–Crippen LogP) is 1.69. The minimum Gasteiger partial charge on any atom is -0.378 e. The Hall–Kier alpha value is -2.33. The molecule has 0 spiro atoms. The average Bonchev–Trinajstić information content (AvgIpc) is 3.35. The van der Waals surface area contributed by atoms with E-state index >= 15 is 0 Å². The summed E-state index contributed by atoms with van der Waals surface area (Å²) in [5.74, 6) is 1.60. The van der Waals surface area contributed by atoms with Crippen molar-refractivity contribution < 1.29 is 13.5 Å². The maximum absolute atomic E-state index is 13.2. The molecule has 2 aliphatic heterocycles. The number of likely N-dealkylation sites (tertiary alicyclic amines) is 1. The van der Waals surface area contributed by atoms with Gasteiger partial charge in [-0.2, -0.15) is 10.1 Å². The average molecular weight is 407 g/mol. The number of anilines is 2. The molecule has 1 unspecified atom stereocenters. The maximum Gasteiger partial charge on any atom is 0.282 e. The summed E-state index contributed by atoms with van der Waals surface area (Å²) in [5, 5.41) is 3.91. The van der Waals surface area contributed by atoms with Gasteiger partial charge in [0.25, 0.3) is 6.43 Å². The summed E-state index contributed by atoms with van der Waals surface area (Å²) in [7, 11) is 3.71. The number of rotatable bonds is 6. The van der Waals surface area contributed by atoms with Gasteiger partial charge in [-0.25, -0.2) is 13.8 Å². The highest BCUT2D eigenvalue weighted by molar-refractivity contribution is 5.44. The molecule has 2 aromatic rings. The van der Waals surface area contributed by atoms with E-state index in [4.69, 9.17) is 9.72 Å². The molecular formula is C19H27F2N7O. The highest BCUT2D eigenvalue weighted by atomic mass is 19.3. The quantitative estimate of drug-likeness (QED) is 0.722. The second-order valence-electron chi connectivity index (χ2n) is 7.62. The second-order valence-corrected chi connectivity index (χ2v) is 7.62. The standard InChI is InChI=1S/C19H27F2N7O/c1-25-11-14(17(24-25)18(20)21)12-27-6-4-15(13-27)26(2)16-3-5-22-19(23-16)28-7-9-29-10-8-28/h3,5,11,15,18H,4,6-10,12-13H2,1-2H3. The molecule has 1 atom stereocenters. The van der Waals surface area contributed by atoms with E-state index in [0.29, 0.717) is 25.3 Å². The van der Waals surface area contributed by atoms with Crippen LogP contribution in [0.2, 0.25) is 0 Å². The Balaban J connectivity index is 1.40. The summed E-state index contributed by atoms with van der Waals surface area (Å²) in [4.78, 5) is 15.7. The van der Waals surface area contributed by atoms with Crippen LogP contribution in [-0.2, 0) is 18.3 Å². The first-order chi connectivity index (χ1) is 14.0. The van der Waals surface area contributed by atoms with Crippen molar-refractivity contribution in [2.24, 2.45) is 7.05 Å². The third-order valence-corrected chi connectivity index (χ3v) is 5.62. The van der Waals surface area contributed by atoms with E-state index < -0.39 is 6.43 Å². The summed E-state index contributed by atoms with van der Waals surface area (Å²) < 4.78 is 33.3. The normalized spacial score (nSPS) is 20.6. The lowest BCUT2D eigenvalue weighted by Crippen LogP contribution is -2.38. The lowest BCUT2D eigenvalue weighted by Gasteiger charge is -2.29. The second kappa shape index (κ2) is 8.58. The van der Waals surface area contributed by atoms with Gasteiger partial charge in [0.15, 0.2) is 0 Å². The van der Waals surface area contributed by atoms with Crippen LogP contribution in [0.25, 0.3) is 0 Å². The zero-order valence-corrected chi connectivity index (χ0v) is 16.8. The Labute approximate surface area is 169 Å². The number of aryl methyl sites for hydroxylation is 1. The highest BCUT2D eigenvalue weighted by Crippen LogP contribution is 2.26. The van der Waals surface area contributed by atoms with Crippen molar-refractivity contribution in [1.82, 2.24) is 24.6 Å². The van der Waals surface area contributed by atoms with Crippen molar-refractivity contribution in [3.05, 3.63) is 29.7 Å². The van der Waals surface area contributed by atoms with E-state index in [1.54, 1.807) is 19.4 Å². The van der Waals surface area contributed by atoms with E-state index in [9.17, 15) is 8.78 Å². The topological polar surface area (TPSA) is 62.6 Å². The number of aromatic nitrogens is 4. The van der Waals surface area contributed by atoms with Crippen molar-refractivity contribution in [1.29, 1.82) is 0 Å². The Morgan fingerprint density at radius 1 is 1.28 bits per heavy atom. The number of alkyl halides is 2. The molecule has 0 saturated carbocycles. The zero-order chi connectivity index (χ0) is 20.4. The lowest BCUT2D eigenvalue weighted by atomic mass is 10.2. The molecule has 4 heterocycles. The van der Waals surface area contributed by atoms with Crippen LogP contribution in [0.1, 0.15) is 24.1 Å². The Morgan fingerprint density at radius 3 is 2.83 bits per heavy atom. The Kier molecular flexibility index (Phi) is 5.91. The SMILES string of the molecule is CN(c1ccnc(N2CCOCC2)n1)C1CCN(Cc2cn(C)nc2C(F)F)C1. The van der Waals surface area contributed by atoms with E-state index in [-0.39, 0.29) is 11.7 Å². The number of ether oxygens (including phenoxy) is 1. The van der Waals surface area contributed by atoms with Crippen LogP contribution < -0.4 is 9.80 Å². The first kappa shape index (κ1) is 20.0. The first-order valence-electron chi connectivity index (χ1n) is 9.92. The maximum atomic E-state index is 13.2. The summed E-state index contributed by atoms with van der Waals surface area (Å²) in [6, 6.07) is 2.19. The van der Waals surface area contributed by atoms with Crippen LogP contribution in [0.4, 0.5) is 20.5 Å². The molecule has 158 valence electrons. The zero-order valence-electron chi connectivity index (χ0n) is 16.8. The van der Waals surface area contributed by atoms with Gasteiger partial charge in [0.2, 0.25) is 5.95 Å². The van der Waals surface area contributed by atoms with Gasteiger partial charge in [0.05, 0.1) is 13.2 Å². The molecule has 2 aliphatic rings. The van der Waals surface area contributed by atoms with Gasteiger partial charge >= 0.3 is 0 Å². The van der Waals surface area contributed by atoms with Crippen LogP contribution in [0.15, 0.2) is 18.5 Å². The molecule has 4 rings (SSSR count).